The van der Waals surface area contributed by atoms with Crippen LogP contribution in [0.25, 0.3) is 0 Å². The Morgan fingerprint density at radius 2 is 1.89 bits per heavy atom. The van der Waals surface area contributed by atoms with E-state index in [1.54, 1.807) is 9.58 Å². The number of aromatic nitrogens is 3. The third-order valence-corrected chi connectivity index (χ3v) is 2.90. The monoisotopic (exact) mass is 267 g/mol. The second-order valence-corrected chi connectivity index (χ2v) is 5.64. The molecule has 7 heteroatoms. The van der Waals surface area contributed by atoms with Crippen LogP contribution in [0, 0.1) is 0 Å². The summed E-state index contributed by atoms with van der Waals surface area (Å²) in [6.07, 6.45) is 1.29. The van der Waals surface area contributed by atoms with Crippen molar-refractivity contribution >= 4 is 12.0 Å². The number of amides is 1. The average Bonchev–Trinajstić information content (AvgIpc) is 2.73. The Morgan fingerprint density at radius 3 is 2.37 bits per heavy atom. The molecule has 0 radical (unpaired) electrons. The first-order valence-corrected chi connectivity index (χ1v) is 6.44. The Bertz CT molecular complexity index is 443. The Kier molecular flexibility index (Phi) is 3.64. The summed E-state index contributed by atoms with van der Waals surface area (Å²) < 4.78 is 7.10. The Hall–Kier alpha value is -1.79. The van der Waals surface area contributed by atoms with Crippen LogP contribution in [0.3, 0.4) is 0 Å². The molecule has 1 aromatic heterocycles. The predicted molar refractivity (Wildman–Crippen MR) is 71.0 cm³/mol. The van der Waals surface area contributed by atoms with E-state index in [-0.39, 0.29) is 6.09 Å². The fraction of sp³-hybridized carbons (Fsp3) is 0.750. The number of ether oxygens (including phenoxy) is 1. The maximum atomic E-state index is 11.9. The van der Waals surface area contributed by atoms with Crippen molar-refractivity contribution in [1.29, 1.82) is 0 Å². The van der Waals surface area contributed by atoms with Gasteiger partial charge in [-0.2, -0.15) is 10.1 Å². The maximum absolute atomic E-state index is 11.9. The number of hydrogen-bond donors (Lipinski definition) is 0. The van der Waals surface area contributed by atoms with Crippen LogP contribution in [-0.2, 0) is 11.8 Å². The fourth-order valence-corrected chi connectivity index (χ4v) is 1.99. The van der Waals surface area contributed by atoms with E-state index in [2.05, 4.69) is 15.0 Å². The van der Waals surface area contributed by atoms with Crippen molar-refractivity contribution in [3.05, 3.63) is 6.33 Å². The minimum Gasteiger partial charge on any atom is -0.444 e. The minimum atomic E-state index is -0.447. The Labute approximate surface area is 113 Å². The van der Waals surface area contributed by atoms with Gasteiger partial charge < -0.3 is 14.5 Å². The van der Waals surface area contributed by atoms with E-state index in [1.807, 2.05) is 27.8 Å². The zero-order valence-electron chi connectivity index (χ0n) is 12.0. The maximum Gasteiger partial charge on any atom is 0.410 e. The van der Waals surface area contributed by atoms with Gasteiger partial charge in [0.2, 0.25) is 5.95 Å². The lowest BCUT2D eigenvalue weighted by Gasteiger charge is -2.35. The number of anilines is 1. The van der Waals surface area contributed by atoms with Gasteiger partial charge in [0, 0.05) is 33.2 Å². The van der Waals surface area contributed by atoms with Gasteiger partial charge in [-0.15, -0.1) is 0 Å². The minimum absolute atomic E-state index is 0.245. The first-order chi connectivity index (χ1) is 8.87. The summed E-state index contributed by atoms with van der Waals surface area (Å²) in [5.74, 6) is 0.837. The van der Waals surface area contributed by atoms with Gasteiger partial charge in [-0.25, -0.2) is 9.48 Å². The van der Waals surface area contributed by atoms with Crippen molar-refractivity contribution in [2.24, 2.45) is 7.05 Å². The number of carbonyl (C=O) groups is 1. The highest BCUT2D eigenvalue weighted by molar-refractivity contribution is 5.68. The van der Waals surface area contributed by atoms with Crippen molar-refractivity contribution in [2.75, 3.05) is 31.1 Å². The highest BCUT2D eigenvalue weighted by Gasteiger charge is 2.26. The van der Waals surface area contributed by atoms with Crippen LogP contribution in [0.2, 0.25) is 0 Å². The molecule has 1 saturated heterocycles. The van der Waals surface area contributed by atoms with Crippen molar-refractivity contribution in [2.45, 2.75) is 26.4 Å². The fourth-order valence-electron chi connectivity index (χ4n) is 1.99. The SMILES string of the molecule is Cn1ncnc1N1CCN(C(=O)OC(C)(C)C)CC1. The molecule has 0 aliphatic carbocycles. The summed E-state index contributed by atoms with van der Waals surface area (Å²) in [6.45, 7) is 8.39. The molecule has 0 spiro atoms. The number of piperazine rings is 1. The van der Waals surface area contributed by atoms with Crippen LogP contribution in [0.15, 0.2) is 6.33 Å². The lowest BCUT2D eigenvalue weighted by molar-refractivity contribution is 0.0240. The van der Waals surface area contributed by atoms with Crippen LogP contribution in [0.1, 0.15) is 20.8 Å². The van der Waals surface area contributed by atoms with Crippen LogP contribution in [0.5, 0.6) is 0 Å². The second-order valence-electron chi connectivity index (χ2n) is 5.64. The van der Waals surface area contributed by atoms with E-state index in [9.17, 15) is 4.79 Å². The summed E-state index contributed by atoms with van der Waals surface area (Å²) in [5.41, 5.74) is -0.447. The van der Waals surface area contributed by atoms with Gasteiger partial charge >= 0.3 is 6.09 Å². The molecule has 1 aliphatic heterocycles. The topological polar surface area (TPSA) is 63.5 Å². The number of hydrogen-bond acceptors (Lipinski definition) is 5. The van der Waals surface area contributed by atoms with E-state index in [4.69, 9.17) is 4.74 Å². The second kappa shape index (κ2) is 5.07. The summed E-state index contributed by atoms with van der Waals surface area (Å²) >= 11 is 0. The zero-order valence-corrected chi connectivity index (χ0v) is 12.0. The highest BCUT2D eigenvalue weighted by Crippen LogP contribution is 2.14. The van der Waals surface area contributed by atoms with Crippen LogP contribution in [0.4, 0.5) is 10.7 Å². The van der Waals surface area contributed by atoms with Gasteiger partial charge in [0.25, 0.3) is 0 Å². The molecule has 0 bridgehead atoms. The molecule has 2 rings (SSSR count). The number of rotatable bonds is 1. The van der Waals surface area contributed by atoms with E-state index in [0.29, 0.717) is 13.1 Å². The number of nitrogens with zero attached hydrogens (tertiary/aromatic N) is 5. The number of carbonyl (C=O) groups excluding carboxylic acids is 1. The molecule has 0 N–H and O–H groups in total. The van der Waals surface area contributed by atoms with E-state index in [1.165, 1.54) is 6.33 Å². The Morgan fingerprint density at radius 1 is 1.26 bits per heavy atom. The largest absolute Gasteiger partial charge is 0.444 e. The normalized spacial score (nSPS) is 16.6. The molecule has 2 heterocycles. The van der Waals surface area contributed by atoms with Gasteiger partial charge in [0.05, 0.1) is 0 Å². The highest BCUT2D eigenvalue weighted by atomic mass is 16.6. The van der Waals surface area contributed by atoms with Gasteiger partial charge in [-0.1, -0.05) is 0 Å². The summed E-state index contributed by atoms with van der Waals surface area (Å²) in [6, 6.07) is 0. The predicted octanol–water partition coefficient (Wildman–Crippen LogP) is 0.872. The smallest absolute Gasteiger partial charge is 0.410 e. The van der Waals surface area contributed by atoms with Gasteiger partial charge in [-0.05, 0) is 20.8 Å². The third-order valence-electron chi connectivity index (χ3n) is 2.90. The van der Waals surface area contributed by atoms with Crippen molar-refractivity contribution in [3.8, 4) is 0 Å². The van der Waals surface area contributed by atoms with Gasteiger partial charge in [0.1, 0.15) is 11.9 Å². The molecule has 0 aromatic carbocycles. The molecular weight excluding hydrogens is 246 g/mol. The molecule has 0 atom stereocenters. The van der Waals surface area contributed by atoms with Crippen LogP contribution >= 0.6 is 0 Å². The Balaban J connectivity index is 1.89. The lowest BCUT2D eigenvalue weighted by Crippen LogP contribution is -2.50. The van der Waals surface area contributed by atoms with Crippen molar-refractivity contribution in [3.63, 3.8) is 0 Å². The van der Waals surface area contributed by atoms with Crippen molar-refractivity contribution in [1.82, 2.24) is 19.7 Å². The summed E-state index contributed by atoms with van der Waals surface area (Å²) in [4.78, 5) is 20.0. The van der Waals surface area contributed by atoms with E-state index in [0.717, 1.165) is 19.0 Å². The molecular formula is C12H21N5O2. The van der Waals surface area contributed by atoms with E-state index < -0.39 is 5.60 Å². The van der Waals surface area contributed by atoms with E-state index >= 15 is 0 Å². The molecule has 1 fully saturated rings. The molecule has 1 aromatic rings. The molecule has 0 saturated carbocycles. The molecule has 7 nitrogen and oxygen atoms in total. The van der Waals surface area contributed by atoms with Crippen LogP contribution in [-0.4, -0.2) is 57.5 Å². The van der Waals surface area contributed by atoms with Gasteiger partial charge in [0.15, 0.2) is 0 Å². The lowest BCUT2D eigenvalue weighted by atomic mass is 10.2. The molecule has 0 unspecified atom stereocenters. The molecule has 106 valence electrons. The number of aryl methyl sites for hydroxylation is 1. The molecule has 1 amide bonds. The average molecular weight is 267 g/mol. The van der Waals surface area contributed by atoms with Crippen molar-refractivity contribution < 1.29 is 9.53 Å². The zero-order chi connectivity index (χ0) is 14.0. The first-order valence-electron chi connectivity index (χ1n) is 6.44. The van der Waals surface area contributed by atoms with Gasteiger partial charge in [-0.3, -0.25) is 0 Å². The quantitative estimate of drug-likeness (QED) is 0.755. The first kappa shape index (κ1) is 13.6. The van der Waals surface area contributed by atoms with Crippen LogP contribution < -0.4 is 4.90 Å². The standard InChI is InChI=1S/C12H21N5O2/c1-12(2,3)19-11(18)17-7-5-16(6-8-17)10-13-9-14-15(10)4/h9H,5-8H2,1-4H3. The summed E-state index contributed by atoms with van der Waals surface area (Å²) in [7, 11) is 1.86. The molecule has 19 heavy (non-hydrogen) atoms. The summed E-state index contributed by atoms with van der Waals surface area (Å²) in [5, 5.41) is 4.05. The third kappa shape index (κ3) is 3.36. The molecule has 1 aliphatic rings.